The molecule has 6 heteroatoms. The SMILES string of the molecule is CCN(CC)c1ccc(/C=C2/NC(=O)N(Cc3cccc(C)c3)C2=O)cc1Br. The Balaban J connectivity index is 1.80. The fraction of sp³-hybridized carbons (Fsp3) is 0.273. The molecule has 0 aliphatic carbocycles. The van der Waals surface area contributed by atoms with E-state index in [1.807, 2.05) is 49.4 Å². The largest absolute Gasteiger partial charge is 0.371 e. The van der Waals surface area contributed by atoms with Crippen molar-refractivity contribution in [1.29, 1.82) is 0 Å². The highest BCUT2D eigenvalue weighted by molar-refractivity contribution is 9.10. The third-order valence-corrected chi connectivity index (χ3v) is 5.41. The summed E-state index contributed by atoms with van der Waals surface area (Å²) in [5.74, 6) is -0.310. The zero-order valence-corrected chi connectivity index (χ0v) is 17.9. The first kappa shape index (κ1) is 20.1. The van der Waals surface area contributed by atoms with Gasteiger partial charge in [0.05, 0.1) is 12.2 Å². The Labute approximate surface area is 174 Å². The average Bonchev–Trinajstić information content (AvgIpc) is 2.92. The predicted molar refractivity (Wildman–Crippen MR) is 116 cm³/mol. The number of amides is 3. The predicted octanol–water partition coefficient (Wildman–Crippen LogP) is 4.70. The standard InChI is InChI=1S/C22H24BrN3O2/c1-4-25(5-2)20-10-9-16(12-18(20)23)13-19-21(27)26(22(28)24-19)14-17-8-6-7-15(3)11-17/h6-13H,4-5,14H2,1-3H3,(H,24,28)/b19-13+. The molecular weight excluding hydrogens is 418 g/mol. The van der Waals surface area contributed by atoms with Gasteiger partial charge in [-0.25, -0.2) is 4.79 Å². The number of urea groups is 1. The lowest BCUT2D eigenvalue weighted by Crippen LogP contribution is -2.30. The van der Waals surface area contributed by atoms with Gasteiger partial charge in [0, 0.05) is 17.6 Å². The van der Waals surface area contributed by atoms with Gasteiger partial charge in [-0.2, -0.15) is 0 Å². The molecule has 0 atom stereocenters. The Morgan fingerprint density at radius 1 is 1.11 bits per heavy atom. The van der Waals surface area contributed by atoms with Gasteiger partial charge in [0.2, 0.25) is 0 Å². The summed E-state index contributed by atoms with van der Waals surface area (Å²) in [4.78, 5) is 28.5. The van der Waals surface area contributed by atoms with E-state index in [2.05, 4.69) is 40.0 Å². The number of rotatable bonds is 6. The van der Waals surface area contributed by atoms with E-state index in [1.165, 1.54) is 4.90 Å². The van der Waals surface area contributed by atoms with Gasteiger partial charge in [0.25, 0.3) is 5.91 Å². The van der Waals surface area contributed by atoms with Crippen molar-refractivity contribution in [2.24, 2.45) is 0 Å². The molecule has 1 aliphatic rings. The average molecular weight is 442 g/mol. The Bertz CT molecular complexity index is 935. The van der Waals surface area contributed by atoms with Gasteiger partial charge in [-0.05, 0) is 66.0 Å². The second kappa shape index (κ2) is 8.61. The van der Waals surface area contributed by atoms with Gasteiger partial charge < -0.3 is 10.2 Å². The molecule has 3 rings (SSSR count). The van der Waals surface area contributed by atoms with Crippen molar-refractivity contribution < 1.29 is 9.59 Å². The second-order valence-electron chi connectivity index (χ2n) is 6.75. The number of hydrogen-bond acceptors (Lipinski definition) is 3. The molecule has 2 aromatic carbocycles. The summed E-state index contributed by atoms with van der Waals surface area (Å²) in [6.07, 6.45) is 1.72. The number of hydrogen-bond donors (Lipinski definition) is 1. The molecular formula is C22H24BrN3O2. The fourth-order valence-corrected chi connectivity index (χ4v) is 3.96. The van der Waals surface area contributed by atoms with E-state index in [1.54, 1.807) is 6.08 Å². The zero-order chi connectivity index (χ0) is 20.3. The summed E-state index contributed by atoms with van der Waals surface area (Å²) in [5.41, 5.74) is 4.27. The summed E-state index contributed by atoms with van der Waals surface area (Å²) in [7, 11) is 0. The van der Waals surface area contributed by atoms with Crippen LogP contribution in [-0.2, 0) is 11.3 Å². The van der Waals surface area contributed by atoms with Gasteiger partial charge in [-0.15, -0.1) is 0 Å². The van der Waals surface area contributed by atoms with Crippen molar-refractivity contribution in [2.45, 2.75) is 27.3 Å². The van der Waals surface area contributed by atoms with Crippen LogP contribution in [0, 0.1) is 6.92 Å². The molecule has 0 spiro atoms. The van der Waals surface area contributed by atoms with Crippen LogP contribution in [0.1, 0.15) is 30.5 Å². The van der Waals surface area contributed by atoms with Crippen LogP contribution in [0.5, 0.6) is 0 Å². The van der Waals surface area contributed by atoms with E-state index in [-0.39, 0.29) is 12.5 Å². The Morgan fingerprint density at radius 3 is 2.50 bits per heavy atom. The number of imide groups is 1. The minimum atomic E-state index is -0.392. The number of carbonyl (C=O) groups excluding carboxylic acids is 2. The number of carbonyl (C=O) groups is 2. The fourth-order valence-electron chi connectivity index (χ4n) is 3.31. The molecule has 0 saturated carbocycles. The number of nitrogens with zero attached hydrogens (tertiary/aromatic N) is 2. The molecule has 5 nitrogen and oxygen atoms in total. The third-order valence-electron chi connectivity index (χ3n) is 4.77. The van der Waals surface area contributed by atoms with Crippen molar-refractivity contribution in [3.63, 3.8) is 0 Å². The number of aryl methyl sites for hydroxylation is 1. The summed E-state index contributed by atoms with van der Waals surface area (Å²) in [6.45, 7) is 8.30. The molecule has 1 fully saturated rings. The molecule has 1 N–H and O–H groups in total. The van der Waals surface area contributed by atoms with Gasteiger partial charge in [0.1, 0.15) is 5.70 Å². The van der Waals surface area contributed by atoms with Crippen LogP contribution in [-0.4, -0.2) is 29.9 Å². The molecule has 1 aliphatic heterocycles. The summed E-state index contributed by atoms with van der Waals surface area (Å²) in [6, 6.07) is 13.3. The smallest absolute Gasteiger partial charge is 0.329 e. The molecule has 1 heterocycles. The minimum Gasteiger partial charge on any atom is -0.371 e. The summed E-state index contributed by atoms with van der Waals surface area (Å²) in [5, 5.41) is 2.69. The van der Waals surface area contributed by atoms with Crippen LogP contribution in [0.4, 0.5) is 10.5 Å². The molecule has 0 radical (unpaired) electrons. The molecule has 2 aromatic rings. The lowest BCUT2D eigenvalue weighted by atomic mass is 10.1. The van der Waals surface area contributed by atoms with Crippen LogP contribution >= 0.6 is 15.9 Å². The molecule has 28 heavy (non-hydrogen) atoms. The highest BCUT2D eigenvalue weighted by atomic mass is 79.9. The lowest BCUT2D eigenvalue weighted by molar-refractivity contribution is -0.123. The quantitative estimate of drug-likeness (QED) is 0.522. The van der Waals surface area contributed by atoms with Gasteiger partial charge in [-0.3, -0.25) is 9.69 Å². The summed E-state index contributed by atoms with van der Waals surface area (Å²) >= 11 is 3.62. The van der Waals surface area contributed by atoms with Crippen LogP contribution < -0.4 is 10.2 Å². The second-order valence-corrected chi connectivity index (χ2v) is 7.61. The number of benzene rings is 2. The highest BCUT2D eigenvalue weighted by Crippen LogP contribution is 2.28. The maximum absolute atomic E-state index is 12.7. The maximum Gasteiger partial charge on any atom is 0.329 e. The Kier molecular flexibility index (Phi) is 6.19. The summed E-state index contributed by atoms with van der Waals surface area (Å²) < 4.78 is 0.957. The first-order valence-corrected chi connectivity index (χ1v) is 10.2. The topological polar surface area (TPSA) is 52.7 Å². The number of nitrogens with one attached hydrogen (secondary N) is 1. The Hall–Kier alpha value is -2.60. The minimum absolute atomic E-state index is 0.258. The van der Waals surface area contributed by atoms with Gasteiger partial charge >= 0.3 is 6.03 Å². The van der Waals surface area contributed by atoms with Crippen molar-refractivity contribution in [2.75, 3.05) is 18.0 Å². The first-order chi connectivity index (χ1) is 13.4. The van der Waals surface area contributed by atoms with Crippen molar-refractivity contribution in [3.8, 4) is 0 Å². The maximum atomic E-state index is 12.7. The van der Waals surface area contributed by atoms with E-state index in [0.29, 0.717) is 5.70 Å². The van der Waals surface area contributed by atoms with Crippen LogP contribution in [0.2, 0.25) is 0 Å². The van der Waals surface area contributed by atoms with Gasteiger partial charge in [0.15, 0.2) is 0 Å². The van der Waals surface area contributed by atoms with Crippen LogP contribution in [0.15, 0.2) is 52.6 Å². The normalized spacial score (nSPS) is 15.3. The Morgan fingerprint density at radius 2 is 1.86 bits per heavy atom. The molecule has 0 aromatic heterocycles. The van der Waals surface area contributed by atoms with E-state index in [4.69, 9.17) is 0 Å². The lowest BCUT2D eigenvalue weighted by Gasteiger charge is -2.22. The van der Waals surface area contributed by atoms with Crippen molar-refractivity contribution in [1.82, 2.24) is 10.2 Å². The van der Waals surface area contributed by atoms with E-state index >= 15 is 0 Å². The van der Waals surface area contributed by atoms with E-state index in [9.17, 15) is 9.59 Å². The van der Waals surface area contributed by atoms with Gasteiger partial charge in [-0.1, -0.05) is 35.9 Å². The van der Waals surface area contributed by atoms with Crippen LogP contribution in [0.3, 0.4) is 0 Å². The first-order valence-electron chi connectivity index (χ1n) is 9.37. The number of anilines is 1. The molecule has 0 unspecified atom stereocenters. The molecule has 3 amide bonds. The van der Waals surface area contributed by atoms with Crippen molar-refractivity contribution in [3.05, 3.63) is 69.3 Å². The van der Waals surface area contributed by atoms with Crippen LogP contribution in [0.25, 0.3) is 6.08 Å². The monoisotopic (exact) mass is 441 g/mol. The van der Waals surface area contributed by atoms with E-state index < -0.39 is 6.03 Å². The number of halogens is 1. The third kappa shape index (κ3) is 4.28. The molecule has 0 bridgehead atoms. The highest BCUT2D eigenvalue weighted by Gasteiger charge is 2.33. The van der Waals surface area contributed by atoms with Crippen molar-refractivity contribution >= 4 is 39.6 Å². The molecule has 1 saturated heterocycles. The van der Waals surface area contributed by atoms with E-state index in [0.717, 1.165) is 39.9 Å². The zero-order valence-electron chi connectivity index (χ0n) is 16.3. The molecule has 146 valence electrons.